The Morgan fingerprint density at radius 2 is 1.83 bits per heavy atom. The highest BCUT2D eigenvalue weighted by Crippen LogP contribution is 2.30. The van der Waals surface area contributed by atoms with Crippen LogP contribution in [0.15, 0.2) is 29.6 Å². The lowest BCUT2D eigenvalue weighted by atomic mass is 9.96. The topological polar surface area (TPSA) is 52.6 Å². The van der Waals surface area contributed by atoms with E-state index in [-0.39, 0.29) is 5.78 Å². The zero-order valence-corrected chi connectivity index (χ0v) is 14.7. The van der Waals surface area contributed by atoms with Crippen LogP contribution < -0.4 is 4.74 Å². The summed E-state index contributed by atoms with van der Waals surface area (Å²) in [5, 5.41) is 1.86. The lowest BCUT2D eigenvalue weighted by molar-refractivity contribution is 0.0318. The minimum absolute atomic E-state index is 0.213. The number of methoxy groups -OCH3 is 1. The van der Waals surface area contributed by atoms with Crippen molar-refractivity contribution in [2.75, 3.05) is 7.11 Å². The van der Waals surface area contributed by atoms with Gasteiger partial charge in [-0.05, 0) is 62.4 Å². The van der Waals surface area contributed by atoms with Crippen LogP contribution in [0, 0.1) is 0 Å². The first kappa shape index (κ1) is 16.7. The van der Waals surface area contributed by atoms with Crippen molar-refractivity contribution in [2.24, 2.45) is 0 Å². The van der Waals surface area contributed by atoms with Crippen molar-refractivity contribution in [3.05, 3.63) is 51.2 Å². The molecule has 0 radical (unpaired) electrons. The van der Waals surface area contributed by atoms with E-state index in [1.54, 1.807) is 49.6 Å². The molecule has 1 heterocycles. The maximum absolute atomic E-state index is 12.4. The van der Waals surface area contributed by atoms with Gasteiger partial charge in [0.05, 0.1) is 12.7 Å². The van der Waals surface area contributed by atoms with E-state index in [0.717, 1.165) is 24.8 Å². The van der Waals surface area contributed by atoms with Crippen LogP contribution in [-0.2, 0) is 17.6 Å². The molecule has 0 spiro atoms. The lowest BCUT2D eigenvalue weighted by Gasteiger charge is -2.15. The highest BCUT2D eigenvalue weighted by Gasteiger charge is 2.25. The molecule has 0 saturated heterocycles. The molecule has 0 bridgehead atoms. The van der Waals surface area contributed by atoms with Gasteiger partial charge in [-0.1, -0.05) is 0 Å². The standard InChI is InChI=1S/C19H20O4S/c1-12(18(20)13-7-9-14(22-2)10-8-13)23-19(21)16-11-24-17-6-4-3-5-15(16)17/h7-12H,3-6H2,1-2H3. The van der Waals surface area contributed by atoms with Crippen LogP contribution in [0.5, 0.6) is 5.75 Å². The highest BCUT2D eigenvalue weighted by atomic mass is 32.1. The molecule has 1 unspecified atom stereocenters. The van der Waals surface area contributed by atoms with Gasteiger partial charge in [-0.15, -0.1) is 11.3 Å². The van der Waals surface area contributed by atoms with Crippen molar-refractivity contribution >= 4 is 23.1 Å². The number of carbonyl (C=O) groups excluding carboxylic acids is 2. The van der Waals surface area contributed by atoms with Gasteiger partial charge < -0.3 is 9.47 Å². The predicted octanol–water partition coefficient (Wildman–Crippen LogP) is 4.06. The maximum Gasteiger partial charge on any atom is 0.339 e. The summed E-state index contributed by atoms with van der Waals surface area (Å²) in [6, 6.07) is 6.80. The van der Waals surface area contributed by atoms with Crippen molar-refractivity contribution in [3.8, 4) is 5.75 Å². The number of rotatable bonds is 5. The summed E-state index contributed by atoms with van der Waals surface area (Å²) in [7, 11) is 1.57. The fourth-order valence-corrected chi connectivity index (χ4v) is 4.05. The third-order valence-corrected chi connectivity index (χ3v) is 5.40. The Hall–Kier alpha value is -2.14. The van der Waals surface area contributed by atoms with Gasteiger partial charge in [0, 0.05) is 15.8 Å². The van der Waals surface area contributed by atoms with E-state index in [1.165, 1.54) is 11.3 Å². The Labute approximate surface area is 145 Å². The average molecular weight is 344 g/mol. The van der Waals surface area contributed by atoms with Crippen LogP contribution in [0.1, 0.15) is 50.9 Å². The molecule has 1 aromatic carbocycles. The molecule has 5 heteroatoms. The summed E-state index contributed by atoms with van der Waals surface area (Å²) < 4.78 is 10.5. The van der Waals surface area contributed by atoms with Gasteiger partial charge >= 0.3 is 5.97 Å². The number of carbonyl (C=O) groups is 2. The lowest BCUT2D eigenvalue weighted by Crippen LogP contribution is -2.24. The fraction of sp³-hybridized carbons (Fsp3) is 0.368. The predicted molar refractivity (Wildman–Crippen MR) is 93.2 cm³/mol. The summed E-state index contributed by atoms with van der Waals surface area (Å²) >= 11 is 1.62. The van der Waals surface area contributed by atoms with Crippen LogP contribution in [0.2, 0.25) is 0 Å². The zero-order chi connectivity index (χ0) is 17.1. The van der Waals surface area contributed by atoms with E-state index in [9.17, 15) is 9.59 Å². The third-order valence-electron chi connectivity index (χ3n) is 4.31. The van der Waals surface area contributed by atoms with Gasteiger partial charge in [-0.3, -0.25) is 4.79 Å². The molecule has 1 atom stereocenters. The monoisotopic (exact) mass is 344 g/mol. The van der Waals surface area contributed by atoms with Gasteiger partial charge in [0.15, 0.2) is 6.10 Å². The fourth-order valence-electron chi connectivity index (χ4n) is 2.93. The SMILES string of the molecule is COc1ccc(C(=O)C(C)OC(=O)c2csc3c2CCCC3)cc1. The van der Waals surface area contributed by atoms with Gasteiger partial charge in [0.1, 0.15) is 5.75 Å². The Kier molecular flexibility index (Phi) is 5.00. The molecule has 1 aliphatic carbocycles. The third kappa shape index (κ3) is 3.36. The Bertz CT molecular complexity index is 745. The average Bonchev–Trinajstić information content (AvgIpc) is 3.05. The highest BCUT2D eigenvalue weighted by molar-refractivity contribution is 7.10. The van der Waals surface area contributed by atoms with E-state index >= 15 is 0 Å². The van der Waals surface area contributed by atoms with Crippen molar-refractivity contribution in [2.45, 2.75) is 38.7 Å². The molecule has 1 aromatic heterocycles. The van der Waals surface area contributed by atoms with Crippen LogP contribution in [-0.4, -0.2) is 25.0 Å². The van der Waals surface area contributed by atoms with Gasteiger partial charge in [0.25, 0.3) is 0 Å². The molecule has 4 nitrogen and oxygen atoms in total. The molecular formula is C19H20O4S. The smallest absolute Gasteiger partial charge is 0.339 e. The van der Waals surface area contributed by atoms with Crippen molar-refractivity contribution in [1.29, 1.82) is 0 Å². The molecule has 0 N–H and O–H groups in total. The number of esters is 1. The Morgan fingerprint density at radius 3 is 2.54 bits per heavy atom. The molecule has 126 valence electrons. The first-order chi connectivity index (χ1) is 11.6. The van der Waals surface area contributed by atoms with E-state index in [2.05, 4.69) is 0 Å². The van der Waals surface area contributed by atoms with Gasteiger partial charge in [-0.2, -0.15) is 0 Å². The molecule has 0 fully saturated rings. The number of hydrogen-bond acceptors (Lipinski definition) is 5. The van der Waals surface area contributed by atoms with Crippen molar-refractivity contribution in [3.63, 3.8) is 0 Å². The number of ether oxygens (including phenoxy) is 2. The second-order valence-electron chi connectivity index (χ2n) is 5.90. The van der Waals surface area contributed by atoms with Gasteiger partial charge in [-0.25, -0.2) is 4.79 Å². The maximum atomic E-state index is 12.4. The van der Waals surface area contributed by atoms with Crippen LogP contribution in [0.3, 0.4) is 0 Å². The van der Waals surface area contributed by atoms with E-state index in [1.807, 2.05) is 5.38 Å². The zero-order valence-electron chi connectivity index (χ0n) is 13.8. The molecular weight excluding hydrogens is 324 g/mol. The molecule has 1 aliphatic rings. The number of hydrogen-bond donors (Lipinski definition) is 0. The molecule has 2 aromatic rings. The Morgan fingerprint density at radius 1 is 1.12 bits per heavy atom. The number of thiophene rings is 1. The summed E-state index contributed by atoms with van der Waals surface area (Å²) in [5.74, 6) is 0.0694. The van der Waals surface area contributed by atoms with Crippen molar-refractivity contribution in [1.82, 2.24) is 0 Å². The molecule has 0 amide bonds. The Balaban J connectivity index is 1.69. The number of fused-ring (bicyclic) bond motifs is 1. The van der Waals surface area contributed by atoms with Crippen LogP contribution >= 0.6 is 11.3 Å². The summed E-state index contributed by atoms with van der Waals surface area (Å²) in [4.78, 5) is 26.1. The van der Waals surface area contributed by atoms with Gasteiger partial charge in [0.2, 0.25) is 5.78 Å². The molecule has 0 aliphatic heterocycles. The first-order valence-corrected chi connectivity index (χ1v) is 8.96. The quantitative estimate of drug-likeness (QED) is 0.606. The first-order valence-electron chi connectivity index (χ1n) is 8.08. The van der Waals surface area contributed by atoms with Crippen LogP contribution in [0.25, 0.3) is 0 Å². The molecule has 24 heavy (non-hydrogen) atoms. The number of benzene rings is 1. The van der Waals surface area contributed by atoms with E-state index < -0.39 is 12.1 Å². The summed E-state index contributed by atoms with van der Waals surface area (Å²) in [6.07, 6.45) is 3.42. The van der Waals surface area contributed by atoms with E-state index in [0.29, 0.717) is 16.9 Å². The number of Topliss-reactive ketones (excluding diaryl/α,β-unsaturated/α-hetero) is 1. The minimum Gasteiger partial charge on any atom is -0.497 e. The number of aryl methyl sites for hydroxylation is 1. The van der Waals surface area contributed by atoms with Crippen molar-refractivity contribution < 1.29 is 19.1 Å². The molecule has 0 saturated carbocycles. The summed E-state index contributed by atoms with van der Waals surface area (Å²) in [5.41, 5.74) is 2.24. The number of ketones is 1. The summed E-state index contributed by atoms with van der Waals surface area (Å²) in [6.45, 7) is 1.61. The molecule has 3 rings (SSSR count). The van der Waals surface area contributed by atoms with E-state index in [4.69, 9.17) is 9.47 Å². The largest absolute Gasteiger partial charge is 0.497 e. The van der Waals surface area contributed by atoms with Crippen LogP contribution in [0.4, 0.5) is 0 Å². The second-order valence-corrected chi connectivity index (χ2v) is 6.86. The second kappa shape index (κ2) is 7.18. The normalized spacial score (nSPS) is 14.6. The minimum atomic E-state index is -0.815.